The lowest BCUT2D eigenvalue weighted by molar-refractivity contribution is 0.139. The third-order valence-electron chi connectivity index (χ3n) is 3.55. The van der Waals surface area contributed by atoms with Crippen LogP contribution in [0.4, 0.5) is 0 Å². The summed E-state index contributed by atoms with van der Waals surface area (Å²) in [7, 11) is 1.75. The first-order valence-corrected chi connectivity index (χ1v) is 6.20. The Balaban J connectivity index is 2.08. The molecule has 0 aromatic rings. The Labute approximate surface area is 93.8 Å². The molecule has 0 aromatic carbocycles. The second-order valence-corrected chi connectivity index (χ2v) is 4.81. The Morgan fingerprint density at radius 2 is 2.20 bits per heavy atom. The largest absolute Gasteiger partial charge is 0.384 e. The van der Waals surface area contributed by atoms with Crippen LogP contribution in [-0.2, 0) is 4.74 Å². The molecule has 1 aliphatic rings. The Bertz CT molecular complexity index is 160. The fourth-order valence-corrected chi connectivity index (χ4v) is 2.15. The van der Waals surface area contributed by atoms with E-state index >= 15 is 0 Å². The number of methoxy groups -OCH3 is 1. The Kier molecular flexibility index (Phi) is 6.22. The van der Waals surface area contributed by atoms with Crippen molar-refractivity contribution in [3.63, 3.8) is 0 Å². The van der Waals surface area contributed by atoms with Gasteiger partial charge in [-0.2, -0.15) is 0 Å². The molecule has 1 saturated carbocycles. The van der Waals surface area contributed by atoms with Crippen molar-refractivity contribution in [2.75, 3.05) is 26.8 Å². The predicted molar refractivity (Wildman–Crippen MR) is 63.8 cm³/mol. The van der Waals surface area contributed by atoms with Gasteiger partial charge in [-0.05, 0) is 24.8 Å². The topological polar surface area (TPSA) is 47.3 Å². The van der Waals surface area contributed by atoms with Crippen LogP contribution in [0.15, 0.2) is 0 Å². The fourth-order valence-electron chi connectivity index (χ4n) is 2.15. The highest BCUT2D eigenvalue weighted by Crippen LogP contribution is 2.28. The standard InChI is InChI=1S/C12H26N2O/c1-10(9-15-2)12(8-13)14-7-6-11-4-3-5-11/h10-12,14H,3-9,13H2,1-2H3. The first kappa shape index (κ1) is 12.9. The smallest absolute Gasteiger partial charge is 0.0503 e. The van der Waals surface area contributed by atoms with Crippen molar-refractivity contribution < 1.29 is 4.74 Å². The number of ether oxygens (including phenoxy) is 1. The normalized spacial score (nSPS) is 21.0. The van der Waals surface area contributed by atoms with E-state index in [1.165, 1.54) is 25.7 Å². The minimum Gasteiger partial charge on any atom is -0.384 e. The zero-order valence-corrected chi connectivity index (χ0v) is 10.2. The zero-order chi connectivity index (χ0) is 11.1. The fraction of sp³-hybridized carbons (Fsp3) is 1.00. The van der Waals surface area contributed by atoms with Crippen LogP contribution < -0.4 is 11.1 Å². The third-order valence-corrected chi connectivity index (χ3v) is 3.55. The van der Waals surface area contributed by atoms with Crippen molar-refractivity contribution in [3.8, 4) is 0 Å². The van der Waals surface area contributed by atoms with Crippen molar-refractivity contribution >= 4 is 0 Å². The predicted octanol–water partition coefficient (Wildman–Crippen LogP) is 1.38. The Hall–Kier alpha value is -0.120. The van der Waals surface area contributed by atoms with E-state index in [9.17, 15) is 0 Å². The summed E-state index contributed by atoms with van der Waals surface area (Å²) in [4.78, 5) is 0. The van der Waals surface area contributed by atoms with Crippen LogP contribution >= 0.6 is 0 Å². The van der Waals surface area contributed by atoms with Crippen molar-refractivity contribution in [1.82, 2.24) is 5.32 Å². The van der Waals surface area contributed by atoms with Gasteiger partial charge in [-0.3, -0.25) is 0 Å². The van der Waals surface area contributed by atoms with Gasteiger partial charge in [0.25, 0.3) is 0 Å². The molecule has 3 heteroatoms. The highest BCUT2D eigenvalue weighted by molar-refractivity contribution is 4.76. The molecule has 0 aliphatic heterocycles. The van der Waals surface area contributed by atoms with Gasteiger partial charge in [0.1, 0.15) is 0 Å². The monoisotopic (exact) mass is 214 g/mol. The molecule has 1 rings (SSSR count). The molecule has 0 saturated heterocycles. The van der Waals surface area contributed by atoms with E-state index in [-0.39, 0.29) is 0 Å². The van der Waals surface area contributed by atoms with Gasteiger partial charge in [0, 0.05) is 19.7 Å². The van der Waals surface area contributed by atoms with E-state index < -0.39 is 0 Å². The molecular formula is C12H26N2O. The van der Waals surface area contributed by atoms with Gasteiger partial charge in [-0.25, -0.2) is 0 Å². The lowest BCUT2D eigenvalue weighted by Gasteiger charge is -2.28. The SMILES string of the molecule is COCC(C)C(CN)NCCC1CCC1. The van der Waals surface area contributed by atoms with E-state index in [1.807, 2.05) is 0 Å². The molecule has 15 heavy (non-hydrogen) atoms. The van der Waals surface area contributed by atoms with E-state index in [0.717, 1.165) is 19.1 Å². The van der Waals surface area contributed by atoms with E-state index in [1.54, 1.807) is 7.11 Å². The van der Waals surface area contributed by atoms with Gasteiger partial charge in [0.15, 0.2) is 0 Å². The molecule has 0 aromatic heterocycles. The van der Waals surface area contributed by atoms with Gasteiger partial charge < -0.3 is 15.8 Å². The molecule has 0 spiro atoms. The maximum Gasteiger partial charge on any atom is 0.0503 e. The van der Waals surface area contributed by atoms with Crippen LogP contribution in [0.1, 0.15) is 32.6 Å². The van der Waals surface area contributed by atoms with E-state index in [0.29, 0.717) is 18.5 Å². The van der Waals surface area contributed by atoms with Crippen molar-refractivity contribution in [1.29, 1.82) is 0 Å². The quantitative estimate of drug-likeness (QED) is 0.641. The minimum absolute atomic E-state index is 0.407. The molecule has 1 aliphatic carbocycles. The number of hydrogen-bond acceptors (Lipinski definition) is 3. The summed E-state index contributed by atoms with van der Waals surface area (Å²) in [5.41, 5.74) is 5.75. The molecule has 90 valence electrons. The number of nitrogens with one attached hydrogen (secondary N) is 1. The summed E-state index contributed by atoms with van der Waals surface area (Å²) in [5.74, 6) is 1.48. The number of hydrogen-bond donors (Lipinski definition) is 2. The molecule has 0 radical (unpaired) electrons. The summed E-state index contributed by atoms with van der Waals surface area (Å²) in [6, 6.07) is 0.407. The van der Waals surface area contributed by atoms with Crippen LogP contribution in [0.25, 0.3) is 0 Å². The molecule has 0 amide bonds. The molecule has 0 bridgehead atoms. The average molecular weight is 214 g/mol. The van der Waals surface area contributed by atoms with E-state index in [2.05, 4.69) is 12.2 Å². The molecule has 1 fully saturated rings. The molecule has 2 atom stereocenters. The van der Waals surface area contributed by atoms with Crippen LogP contribution in [0.5, 0.6) is 0 Å². The number of rotatable bonds is 8. The van der Waals surface area contributed by atoms with Gasteiger partial charge in [-0.15, -0.1) is 0 Å². The summed E-state index contributed by atoms with van der Waals surface area (Å²) >= 11 is 0. The Morgan fingerprint density at radius 1 is 1.47 bits per heavy atom. The minimum atomic E-state index is 0.407. The van der Waals surface area contributed by atoms with Crippen LogP contribution in [-0.4, -0.2) is 32.8 Å². The average Bonchev–Trinajstić information content (AvgIpc) is 2.15. The van der Waals surface area contributed by atoms with E-state index in [4.69, 9.17) is 10.5 Å². The van der Waals surface area contributed by atoms with Crippen LogP contribution in [0.3, 0.4) is 0 Å². The highest BCUT2D eigenvalue weighted by Gasteiger charge is 2.19. The number of nitrogens with two attached hydrogens (primary N) is 1. The molecule has 0 heterocycles. The molecule has 2 unspecified atom stereocenters. The second kappa shape index (κ2) is 7.20. The Morgan fingerprint density at radius 3 is 2.67 bits per heavy atom. The van der Waals surface area contributed by atoms with Crippen LogP contribution in [0, 0.1) is 11.8 Å². The summed E-state index contributed by atoms with van der Waals surface area (Å²) < 4.78 is 5.15. The lowest BCUT2D eigenvalue weighted by atomic mass is 9.83. The maximum absolute atomic E-state index is 5.75. The van der Waals surface area contributed by atoms with Gasteiger partial charge in [-0.1, -0.05) is 26.2 Å². The summed E-state index contributed by atoms with van der Waals surface area (Å²) in [6.45, 7) is 4.80. The van der Waals surface area contributed by atoms with Crippen LogP contribution in [0.2, 0.25) is 0 Å². The molecule has 3 nitrogen and oxygen atoms in total. The van der Waals surface area contributed by atoms with Crippen molar-refractivity contribution in [2.24, 2.45) is 17.6 Å². The third kappa shape index (κ3) is 4.49. The van der Waals surface area contributed by atoms with Crippen molar-refractivity contribution in [2.45, 2.75) is 38.6 Å². The summed E-state index contributed by atoms with van der Waals surface area (Å²) in [6.07, 6.45) is 5.62. The molecular weight excluding hydrogens is 188 g/mol. The van der Waals surface area contributed by atoms with Crippen molar-refractivity contribution in [3.05, 3.63) is 0 Å². The summed E-state index contributed by atoms with van der Waals surface area (Å²) in [5, 5.41) is 3.55. The zero-order valence-electron chi connectivity index (χ0n) is 10.2. The first-order chi connectivity index (χ1) is 7.27. The first-order valence-electron chi connectivity index (χ1n) is 6.20. The van der Waals surface area contributed by atoms with Gasteiger partial charge >= 0.3 is 0 Å². The second-order valence-electron chi connectivity index (χ2n) is 4.81. The lowest BCUT2D eigenvalue weighted by Crippen LogP contribution is -2.43. The highest BCUT2D eigenvalue weighted by atomic mass is 16.5. The molecule has 3 N–H and O–H groups in total. The van der Waals surface area contributed by atoms with Gasteiger partial charge in [0.2, 0.25) is 0 Å². The van der Waals surface area contributed by atoms with Gasteiger partial charge in [0.05, 0.1) is 6.61 Å². The maximum atomic E-state index is 5.75.